The van der Waals surface area contributed by atoms with Gasteiger partial charge in [-0.15, -0.1) is 6.58 Å². The van der Waals surface area contributed by atoms with Crippen molar-refractivity contribution in [1.82, 2.24) is 0 Å². The maximum atomic E-state index is 11.3. The van der Waals surface area contributed by atoms with Gasteiger partial charge in [-0.25, -0.2) is 0 Å². The summed E-state index contributed by atoms with van der Waals surface area (Å²) in [6, 6.07) is 0. The molecule has 0 aromatic heterocycles. The molecule has 0 radical (unpaired) electrons. The molecule has 0 rings (SSSR count). The van der Waals surface area contributed by atoms with Crippen LogP contribution in [0.2, 0.25) is 0 Å². The second-order valence-electron chi connectivity index (χ2n) is 2.90. The van der Waals surface area contributed by atoms with E-state index in [1.807, 2.05) is 6.92 Å². The number of allylic oxidation sites excluding steroid dienone is 1. The zero-order chi connectivity index (χ0) is 9.56. The molecule has 0 aliphatic carbocycles. The molecule has 0 fully saturated rings. The maximum absolute atomic E-state index is 11.3. The molecule has 0 N–H and O–H groups in total. The van der Waals surface area contributed by atoms with E-state index in [9.17, 15) is 9.59 Å². The highest BCUT2D eigenvalue weighted by Gasteiger charge is 2.20. The van der Waals surface area contributed by atoms with Crippen molar-refractivity contribution in [2.24, 2.45) is 5.92 Å². The maximum Gasteiger partial charge on any atom is 0.143 e. The highest BCUT2D eigenvalue weighted by molar-refractivity contribution is 6.01. The van der Waals surface area contributed by atoms with Crippen molar-refractivity contribution >= 4 is 11.6 Å². The number of ketones is 2. The van der Waals surface area contributed by atoms with Crippen LogP contribution in [0.3, 0.4) is 0 Å². The molecule has 0 aromatic carbocycles. The van der Waals surface area contributed by atoms with Crippen LogP contribution >= 0.6 is 0 Å². The van der Waals surface area contributed by atoms with Crippen LogP contribution in [0.5, 0.6) is 0 Å². The summed E-state index contributed by atoms with van der Waals surface area (Å²) in [5.74, 6) is -0.444. The Labute approximate surface area is 73.7 Å². The van der Waals surface area contributed by atoms with E-state index in [1.54, 1.807) is 6.08 Å². The third-order valence-corrected chi connectivity index (χ3v) is 1.78. The second-order valence-corrected chi connectivity index (χ2v) is 2.90. The lowest BCUT2D eigenvalue weighted by molar-refractivity contribution is -0.131. The standard InChI is InChI=1S/C10H16O2/c1-4-6-9(8(3)11)10(12)7-5-2/h4,9H,1,5-7H2,2-3H3. The van der Waals surface area contributed by atoms with Gasteiger partial charge < -0.3 is 0 Å². The van der Waals surface area contributed by atoms with Crippen LogP contribution in [-0.4, -0.2) is 11.6 Å². The van der Waals surface area contributed by atoms with Crippen LogP contribution < -0.4 is 0 Å². The first-order chi connectivity index (χ1) is 5.63. The minimum atomic E-state index is -0.442. The lowest BCUT2D eigenvalue weighted by Crippen LogP contribution is -2.20. The van der Waals surface area contributed by atoms with Gasteiger partial charge in [-0.05, 0) is 19.8 Å². The normalized spacial score (nSPS) is 12.2. The Balaban J connectivity index is 4.18. The monoisotopic (exact) mass is 168 g/mol. The number of hydrogen-bond acceptors (Lipinski definition) is 2. The second kappa shape index (κ2) is 5.70. The van der Waals surface area contributed by atoms with Gasteiger partial charge in [-0.1, -0.05) is 13.0 Å². The van der Waals surface area contributed by atoms with Crippen molar-refractivity contribution < 1.29 is 9.59 Å². The minimum Gasteiger partial charge on any atom is -0.299 e. The van der Waals surface area contributed by atoms with Gasteiger partial charge >= 0.3 is 0 Å². The SMILES string of the molecule is C=CCC(C(C)=O)C(=O)CCC. The van der Waals surface area contributed by atoms with Gasteiger partial charge in [0, 0.05) is 6.42 Å². The Bertz CT molecular complexity index is 182. The van der Waals surface area contributed by atoms with E-state index < -0.39 is 5.92 Å². The van der Waals surface area contributed by atoms with E-state index in [0.29, 0.717) is 12.8 Å². The van der Waals surface area contributed by atoms with Crippen molar-refractivity contribution in [1.29, 1.82) is 0 Å². The first-order valence-electron chi connectivity index (χ1n) is 4.27. The lowest BCUT2D eigenvalue weighted by Gasteiger charge is -2.08. The van der Waals surface area contributed by atoms with Crippen molar-refractivity contribution in [3.63, 3.8) is 0 Å². The molecule has 0 aliphatic heterocycles. The first kappa shape index (κ1) is 11.1. The van der Waals surface area contributed by atoms with Crippen LogP contribution in [0.1, 0.15) is 33.1 Å². The summed E-state index contributed by atoms with van der Waals surface area (Å²) in [5.41, 5.74) is 0. The largest absolute Gasteiger partial charge is 0.299 e. The number of Topliss-reactive ketones (excluding diaryl/α,β-unsaturated/α-hetero) is 2. The molecule has 68 valence electrons. The summed E-state index contributed by atoms with van der Waals surface area (Å²) in [6.45, 7) is 6.91. The molecular formula is C10H16O2. The van der Waals surface area contributed by atoms with E-state index in [1.165, 1.54) is 6.92 Å². The molecule has 12 heavy (non-hydrogen) atoms. The Morgan fingerprint density at radius 1 is 1.50 bits per heavy atom. The number of hydrogen-bond donors (Lipinski definition) is 0. The van der Waals surface area contributed by atoms with Crippen LogP contribution in [0.25, 0.3) is 0 Å². The molecule has 0 bridgehead atoms. The van der Waals surface area contributed by atoms with Crippen molar-refractivity contribution in [2.45, 2.75) is 33.1 Å². The predicted molar refractivity (Wildman–Crippen MR) is 48.9 cm³/mol. The molecule has 0 amide bonds. The highest BCUT2D eigenvalue weighted by Crippen LogP contribution is 2.10. The van der Waals surface area contributed by atoms with Crippen LogP contribution in [0.15, 0.2) is 12.7 Å². The molecule has 2 heteroatoms. The Kier molecular flexibility index (Phi) is 5.26. The van der Waals surface area contributed by atoms with Gasteiger partial charge in [-0.2, -0.15) is 0 Å². The molecule has 1 unspecified atom stereocenters. The van der Waals surface area contributed by atoms with Gasteiger partial charge in [0.2, 0.25) is 0 Å². The fourth-order valence-corrected chi connectivity index (χ4v) is 1.11. The highest BCUT2D eigenvalue weighted by atomic mass is 16.1. The Morgan fingerprint density at radius 3 is 2.42 bits per heavy atom. The Hall–Kier alpha value is -0.920. The van der Waals surface area contributed by atoms with E-state index in [4.69, 9.17) is 0 Å². The van der Waals surface area contributed by atoms with Crippen LogP contribution in [0.4, 0.5) is 0 Å². The summed E-state index contributed by atoms with van der Waals surface area (Å²) >= 11 is 0. The van der Waals surface area contributed by atoms with Gasteiger partial charge in [0.15, 0.2) is 0 Å². The van der Waals surface area contributed by atoms with E-state index in [0.717, 1.165) is 6.42 Å². The predicted octanol–water partition coefficient (Wildman–Crippen LogP) is 2.14. The zero-order valence-corrected chi connectivity index (χ0v) is 7.80. The molecule has 0 heterocycles. The molecule has 1 atom stereocenters. The van der Waals surface area contributed by atoms with Crippen LogP contribution in [-0.2, 0) is 9.59 Å². The fourth-order valence-electron chi connectivity index (χ4n) is 1.11. The summed E-state index contributed by atoms with van der Waals surface area (Å²) in [5, 5.41) is 0. The summed E-state index contributed by atoms with van der Waals surface area (Å²) in [7, 11) is 0. The quantitative estimate of drug-likeness (QED) is 0.450. The summed E-state index contributed by atoms with van der Waals surface area (Å²) in [6.07, 6.45) is 3.41. The van der Waals surface area contributed by atoms with Crippen molar-refractivity contribution in [3.8, 4) is 0 Å². The first-order valence-corrected chi connectivity index (χ1v) is 4.27. The van der Waals surface area contributed by atoms with E-state index in [2.05, 4.69) is 6.58 Å². The molecular weight excluding hydrogens is 152 g/mol. The fraction of sp³-hybridized carbons (Fsp3) is 0.600. The Morgan fingerprint density at radius 2 is 2.08 bits per heavy atom. The molecule has 0 saturated heterocycles. The average molecular weight is 168 g/mol. The van der Waals surface area contributed by atoms with Crippen LogP contribution in [0, 0.1) is 5.92 Å². The summed E-state index contributed by atoms with van der Waals surface area (Å²) in [4.78, 5) is 22.3. The van der Waals surface area contributed by atoms with E-state index in [-0.39, 0.29) is 11.6 Å². The van der Waals surface area contributed by atoms with Gasteiger partial charge in [-0.3, -0.25) is 9.59 Å². The van der Waals surface area contributed by atoms with Gasteiger partial charge in [0.1, 0.15) is 11.6 Å². The van der Waals surface area contributed by atoms with Crippen molar-refractivity contribution in [2.75, 3.05) is 0 Å². The number of carbonyl (C=O) groups is 2. The van der Waals surface area contributed by atoms with Gasteiger partial charge in [0.25, 0.3) is 0 Å². The molecule has 0 saturated carbocycles. The molecule has 0 aliphatic rings. The third kappa shape index (κ3) is 3.46. The summed E-state index contributed by atoms with van der Waals surface area (Å²) < 4.78 is 0. The smallest absolute Gasteiger partial charge is 0.143 e. The lowest BCUT2D eigenvalue weighted by atomic mass is 9.93. The molecule has 2 nitrogen and oxygen atoms in total. The zero-order valence-electron chi connectivity index (χ0n) is 7.80. The molecule has 0 aromatic rings. The molecule has 0 spiro atoms. The number of rotatable bonds is 6. The van der Waals surface area contributed by atoms with Crippen molar-refractivity contribution in [3.05, 3.63) is 12.7 Å². The third-order valence-electron chi connectivity index (χ3n) is 1.78. The topological polar surface area (TPSA) is 34.1 Å². The van der Waals surface area contributed by atoms with E-state index >= 15 is 0 Å². The average Bonchev–Trinajstić information content (AvgIpc) is 1.99. The van der Waals surface area contributed by atoms with Gasteiger partial charge in [0.05, 0.1) is 5.92 Å². The minimum absolute atomic E-state index is 0.0462. The number of carbonyl (C=O) groups excluding carboxylic acids is 2.